The van der Waals surface area contributed by atoms with Crippen LogP contribution in [0.15, 0.2) is 4.99 Å². The van der Waals surface area contributed by atoms with E-state index in [0.717, 1.165) is 0 Å². The van der Waals surface area contributed by atoms with Crippen LogP contribution in [0.4, 0.5) is 0 Å². The summed E-state index contributed by atoms with van der Waals surface area (Å²) in [6.07, 6.45) is 0.0275. The molecule has 0 fully saturated rings. The normalized spacial score (nSPS) is 13.3. The summed E-state index contributed by atoms with van der Waals surface area (Å²) in [5.74, 6) is -4.39. The van der Waals surface area contributed by atoms with Gasteiger partial charge in [0.25, 0.3) is 0 Å². The van der Waals surface area contributed by atoms with E-state index < -0.39 is 60.7 Å². The third-order valence-corrected chi connectivity index (χ3v) is 3.51. The van der Waals surface area contributed by atoms with Crippen LogP contribution in [0.25, 0.3) is 0 Å². The molecule has 0 aliphatic carbocycles. The Balaban J connectivity index is 4.81. The first kappa shape index (κ1) is 25.6. The standard InChI is InChI=1S/C15H28N8O6/c1-7(14(28)29)22-13(27)9(3-2-4-20-15(18)19)23-11(25)6-21-12(26)8(16)5-10(17)24/h7-9H,2-6,16H2,1H3,(H2,17,24)(H,21,26)(H,22,27)(H,23,25)(H,28,29)(H4,18,19,20). The molecule has 0 aromatic rings. The average molecular weight is 416 g/mol. The zero-order valence-corrected chi connectivity index (χ0v) is 16.0. The van der Waals surface area contributed by atoms with Crippen LogP contribution in [0.1, 0.15) is 26.2 Å². The van der Waals surface area contributed by atoms with Crippen molar-refractivity contribution in [3.63, 3.8) is 0 Å². The van der Waals surface area contributed by atoms with Crippen molar-refractivity contribution in [3.05, 3.63) is 0 Å². The van der Waals surface area contributed by atoms with Crippen LogP contribution < -0.4 is 38.9 Å². The number of hydrogen-bond acceptors (Lipinski definition) is 7. The molecule has 0 saturated heterocycles. The van der Waals surface area contributed by atoms with Gasteiger partial charge in [0.2, 0.25) is 23.6 Å². The topological polar surface area (TPSA) is 258 Å². The monoisotopic (exact) mass is 416 g/mol. The lowest BCUT2D eigenvalue weighted by Crippen LogP contribution is -2.53. The van der Waals surface area contributed by atoms with Crippen molar-refractivity contribution in [2.45, 2.75) is 44.3 Å². The fourth-order valence-corrected chi connectivity index (χ4v) is 2.00. The highest BCUT2D eigenvalue weighted by molar-refractivity contribution is 5.93. The summed E-state index contributed by atoms with van der Waals surface area (Å²) < 4.78 is 0. The summed E-state index contributed by atoms with van der Waals surface area (Å²) in [6, 6.07) is -3.48. The maximum atomic E-state index is 12.3. The predicted octanol–water partition coefficient (Wildman–Crippen LogP) is -4.57. The second-order valence-electron chi connectivity index (χ2n) is 6.13. The molecule has 3 atom stereocenters. The van der Waals surface area contributed by atoms with Crippen molar-refractivity contribution < 1.29 is 29.1 Å². The Kier molecular flexibility index (Phi) is 11.4. The van der Waals surface area contributed by atoms with Crippen molar-refractivity contribution in [1.82, 2.24) is 16.0 Å². The van der Waals surface area contributed by atoms with E-state index in [1.54, 1.807) is 0 Å². The average Bonchev–Trinajstić information content (AvgIpc) is 2.60. The molecule has 0 spiro atoms. The van der Waals surface area contributed by atoms with Crippen LogP contribution >= 0.6 is 0 Å². The minimum atomic E-state index is -1.25. The molecule has 164 valence electrons. The third-order valence-electron chi connectivity index (χ3n) is 3.51. The Bertz CT molecular complexity index is 649. The number of carboxylic acid groups (broad SMARTS) is 1. The lowest BCUT2D eigenvalue weighted by molar-refractivity contribution is -0.141. The number of aliphatic imine (C=N–C) groups is 1. The van der Waals surface area contributed by atoms with Crippen LogP contribution in [-0.2, 0) is 24.0 Å². The van der Waals surface area contributed by atoms with Gasteiger partial charge in [-0.2, -0.15) is 0 Å². The fraction of sp³-hybridized carbons (Fsp3) is 0.600. The van der Waals surface area contributed by atoms with Crippen LogP contribution in [0, 0.1) is 0 Å². The highest BCUT2D eigenvalue weighted by Gasteiger charge is 2.24. The first-order valence-electron chi connectivity index (χ1n) is 8.63. The molecule has 0 saturated carbocycles. The number of carboxylic acids is 1. The number of nitrogens with one attached hydrogen (secondary N) is 3. The summed E-state index contributed by atoms with van der Waals surface area (Å²) in [5.41, 5.74) is 20.8. The highest BCUT2D eigenvalue weighted by Crippen LogP contribution is 2.00. The van der Waals surface area contributed by atoms with Crippen LogP contribution in [0.3, 0.4) is 0 Å². The Hall–Kier alpha value is -3.42. The number of hydrogen-bond donors (Lipinski definition) is 8. The summed E-state index contributed by atoms with van der Waals surface area (Å²) in [6.45, 7) is 0.936. The van der Waals surface area contributed by atoms with Gasteiger partial charge in [-0.1, -0.05) is 0 Å². The zero-order valence-electron chi connectivity index (χ0n) is 16.0. The van der Waals surface area contributed by atoms with Crippen LogP contribution in [-0.4, -0.2) is 71.9 Å². The lowest BCUT2D eigenvalue weighted by Gasteiger charge is -2.20. The minimum absolute atomic E-state index is 0.107. The van der Waals surface area contributed by atoms with Gasteiger partial charge in [-0.15, -0.1) is 0 Å². The van der Waals surface area contributed by atoms with E-state index in [-0.39, 0.29) is 18.9 Å². The Labute approximate surface area is 166 Å². The maximum Gasteiger partial charge on any atom is 0.325 e. The number of amides is 4. The van der Waals surface area contributed by atoms with E-state index >= 15 is 0 Å². The highest BCUT2D eigenvalue weighted by atomic mass is 16.4. The number of carbonyl (C=O) groups is 5. The summed E-state index contributed by atoms with van der Waals surface area (Å²) >= 11 is 0. The smallest absolute Gasteiger partial charge is 0.325 e. The van der Waals surface area contributed by atoms with E-state index in [1.807, 2.05) is 0 Å². The second kappa shape index (κ2) is 12.9. The van der Waals surface area contributed by atoms with Gasteiger partial charge in [-0.25, -0.2) is 0 Å². The third kappa shape index (κ3) is 11.8. The summed E-state index contributed by atoms with van der Waals surface area (Å²) in [7, 11) is 0. The van der Waals surface area contributed by atoms with Gasteiger partial charge in [0.15, 0.2) is 5.96 Å². The van der Waals surface area contributed by atoms with Gasteiger partial charge in [-0.3, -0.25) is 29.0 Å². The van der Waals surface area contributed by atoms with Gasteiger partial charge < -0.3 is 44.0 Å². The maximum absolute atomic E-state index is 12.3. The molecule has 0 heterocycles. The summed E-state index contributed by atoms with van der Waals surface area (Å²) in [4.78, 5) is 61.4. The molecule has 4 amide bonds. The largest absolute Gasteiger partial charge is 0.480 e. The van der Waals surface area contributed by atoms with Gasteiger partial charge in [-0.05, 0) is 19.8 Å². The van der Waals surface area contributed by atoms with Crippen molar-refractivity contribution in [2.75, 3.05) is 13.1 Å². The first-order valence-corrected chi connectivity index (χ1v) is 8.63. The number of carbonyl (C=O) groups excluding carboxylic acids is 4. The SMILES string of the molecule is CC(NC(=O)C(CCCN=C(N)N)NC(=O)CNC(=O)C(N)CC(N)=O)C(=O)O. The molecule has 12 N–H and O–H groups in total. The van der Waals surface area contributed by atoms with E-state index in [9.17, 15) is 24.0 Å². The molecule has 0 radical (unpaired) electrons. The van der Waals surface area contributed by atoms with Crippen molar-refractivity contribution >= 4 is 35.6 Å². The molecule has 3 unspecified atom stereocenters. The van der Waals surface area contributed by atoms with E-state index in [2.05, 4.69) is 20.9 Å². The Morgan fingerprint density at radius 3 is 2.17 bits per heavy atom. The lowest BCUT2D eigenvalue weighted by atomic mass is 10.1. The molecule has 0 aromatic heterocycles. The molecule has 29 heavy (non-hydrogen) atoms. The molecule has 0 aliphatic rings. The fourth-order valence-electron chi connectivity index (χ4n) is 2.00. The van der Waals surface area contributed by atoms with Crippen molar-refractivity contribution in [2.24, 2.45) is 27.9 Å². The van der Waals surface area contributed by atoms with Gasteiger partial charge >= 0.3 is 5.97 Å². The number of aliphatic carboxylic acids is 1. The number of nitrogens with zero attached hydrogens (tertiary/aromatic N) is 1. The van der Waals surface area contributed by atoms with Gasteiger partial charge in [0, 0.05) is 6.54 Å². The first-order chi connectivity index (χ1) is 13.4. The van der Waals surface area contributed by atoms with Crippen LogP contribution in [0.5, 0.6) is 0 Å². The molecule has 0 aromatic carbocycles. The predicted molar refractivity (Wildman–Crippen MR) is 102 cm³/mol. The molecular formula is C15H28N8O6. The number of rotatable bonds is 13. The molecule has 14 heteroatoms. The Morgan fingerprint density at radius 2 is 1.66 bits per heavy atom. The molecule has 0 bridgehead atoms. The quantitative estimate of drug-likeness (QED) is 0.0814. The van der Waals surface area contributed by atoms with E-state index in [1.165, 1.54) is 6.92 Å². The molecule has 0 rings (SSSR count). The number of nitrogens with two attached hydrogens (primary N) is 4. The van der Waals surface area contributed by atoms with Gasteiger partial charge in [0.05, 0.1) is 19.0 Å². The Morgan fingerprint density at radius 1 is 1.03 bits per heavy atom. The molecule has 14 nitrogen and oxygen atoms in total. The molecular weight excluding hydrogens is 388 g/mol. The van der Waals surface area contributed by atoms with E-state index in [4.69, 9.17) is 28.0 Å². The summed E-state index contributed by atoms with van der Waals surface area (Å²) in [5, 5.41) is 15.7. The molecule has 0 aliphatic heterocycles. The van der Waals surface area contributed by atoms with Crippen LogP contribution in [0.2, 0.25) is 0 Å². The van der Waals surface area contributed by atoms with Gasteiger partial charge in [0.1, 0.15) is 12.1 Å². The van der Waals surface area contributed by atoms with E-state index in [0.29, 0.717) is 6.42 Å². The minimum Gasteiger partial charge on any atom is -0.480 e. The van der Waals surface area contributed by atoms with Crippen molar-refractivity contribution in [3.8, 4) is 0 Å². The second-order valence-corrected chi connectivity index (χ2v) is 6.13. The number of primary amides is 1. The zero-order chi connectivity index (χ0) is 22.6. The number of guanidine groups is 1. The van der Waals surface area contributed by atoms with Crippen molar-refractivity contribution in [1.29, 1.82) is 0 Å².